The summed E-state index contributed by atoms with van der Waals surface area (Å²) in [6.07, 6.45) is 0. The molecule has 0 spiro atoms. The van der Waals surface area contributed by atoms with Crippen LogP contribution >= 0.6 is 70.7 Å². The summed E-state index contributed by atoms with van der Waals surface area (Å²) in [5, 5.41) is 3.33. The number of halogens is 4. The van der Waals surface area contributed by atoms with E-state index in [0.717, 1.165) is 8.26 Å². The first-order valence-electron chi connectivity index (χ1n) is 5.80. The van der Waals surface area contributed by atoms with Gasteiger partial charge in [-0.3, -0.25) is 4.79 Å². The Morgan fingerprint density at radius 1 is 1.29 bits per heavy atom. The largest absolute Gasteiger partial charge is 0.491 e. The molecule has 0 aliphatic carbocycles. The topological polar surface area (TPSA) is 38.3 Å². The number of hydrogen-bond acceptors (Lipinski definition) is 3. The number of carbonyl (C=O) groups excluding carboxylic acids is 1. The number of carbonyl (C=O) groups is 1. The maximum Gasteiger partial charge on any atom is 0.265 e. The number of thiophene rings is 1. The van der Waals surface area contributed by atoms with Gasteiger partial charge in [-0.05, 0) is 72.9 Å². The van der Waals surface area contributed by atoms with Crippen LogP contribution < -0.4 is 10.1 Å². The first-order chi connectivity index (χ1) is 9.92. The molecular formula is C13H9Br3ClNO2S. The maximum absolute atomic E-state index is 12.3. The number of rotatable bonds is 4. The van der Waals surface area contributed by atoms with Crippen LogP contribution in [0.15, 0.2) is 30.9 Å². The fourth-order valence-electron chi connectivity index (χ4n) is 1.59. The quantitative estimate of drug-likeness (QED) is 0.513. The SMILES string of the molecule is CCOc1c(Br)cc(Cl)cc1NC(=O)c1cc(Br)c(Br)s1. The van der Waals surface area contributed by atoms with Crippen molar-refractivity contribution >= 4 is 82.3 Å². The number of benzene rings is 1. The van der Waals surface area contributed by atoms with Crippen LogP contribution in [0.2, 0.25) is 5.02 Å². The van der Waals surface area contributed by atoms with Gasteiger partial charge in [-0.15, -0.1) is 11.3 Å². The van der Waals surface area contributed by atoms with Crippen LogP contribution in [-0.2, 0) is 0 Å². The Hall–Kier alpha value is -0.0800. The van der Waals surface area contributed by atoms with Crippen molar-refractivity contribution in [1.29, 1.82) is 0 Å². The zero-order valence-electron chi connectivity index (χ0n) is 10.7. The lowest BCUT2D eigenvalue weighted by Gasteiger charge is -2.13. The van der Waals surface area contributed by atoms with E-state index in [4.69, 9.17) is 16.3 Å². The van der Waals surface area contributed by atoms with E-state index >= 15 is 0 Å². The third kappa shape index (κ3) is 4.22. The lowest BCUT2D eigenvalue weighted by atomic mass is 10.3. The number of amides is 1. The molecule has 1 amide bonds. The first kappa shape index (κ1) is 17.3. The molecule has 0 aliphatic rings. The molecule has 3 nitrogen and oxygen atoms in total. The van der Waals surface area contributed by atoms with E-state index in [2.05, 4.69) is 53.1 Å². The highest BCUT2D eigenvalue weighted by atomic mass is 79.9. The molecule has 1 N–H and O–H groups in total. The van der Waals surface area contributed by atoms with Gasteiger partial charge in [0.05, 0.1) is 25.4 Å². The molecule has 21 heavy (non-hydrogen) atoms. The van der Waals surface area contributed by atoms with E-state index in [1.807, 2.05) is 6.92 Å². The molecule has 1 aromatic carbocycles. The van der Waals surface area contributed by atoms with Crippen molar-refractivity contribution in [1.82, 2.24) is 0 Å². The molecule has 1 aromatic heterocycles. The van der Waals surface area contributed by atoms with Gasteiger partial charge in [0.2, 0.25) is 0 Å². The second-order valence-corrected chi connectivity index (χ2v) is 8.40. The third-order valence-corrected chi connectivity index (χ3v) is 6.48. The number of ether oxygens (including phenoxy) is 1. The molecule has 0 unspecified atom stereocenters. The Labute approximate surface area is 156 Å². The summed E-state index contributed by atoms with van der Waals surface area (Å²) in [5.74, 6) is 0.339. The molecular weight excluding hydrogens is 509 g/mol. The molecule has 112 valence electrons. The fourth-order valence-corrected chi connectivity index (χ4v) is 4.44. The molecule has 0 fully saturated rings. The summed E-state index contributed by atoms with van der Waals surface area (Å²) < 4.78 is 7.96. The van der Waals surface area contributed by atoms with Gasteiger partial charge in [-0.1, -0.05) is 11.6 Å². The summed E-state index contributed by atoms with van der Waals surface area (Å²) >= 11 is 17.5. The van der Waals surface area contributed by atoms with Gasteiger partial charge in [0.1, 0.15) is 0 Å². The zero-order valence-corrected chi connectivity index (χ0v) is 17.0. The predicted molar refractivity (Wildman–Crippen MR) is 98.0 cm³/mol. The highest BCUT2D eigenvalue weighted by molar-refractivity contribution is 9.13. The van der Waals surface area contributed by atoms with Crippen LogP contribution in [0.25, 0.3) is 0 Å². The minimum absolute atomic E-state index is 0.221. The zero-order chi connectivity index (χ0) is 15.6. The van der Waals surface area contributed by atoms with Gasteiger partial charge in [0.15, 0.2) is 5.75 Å². The highest BCUT2D eigenvalue weighted by Gasteiger charge is 2.16. The van der Waals surface area contributed by atoms with E-state index in [-0.39, 0.29) is 5.91 Å². The van der Waals surface area contributed by atoms with E-state index < -0.39 is 0 Å². The number of nitrogens with one attached hydrogen (secondary N) is 1. The molecule has 0 saturated heterocycles. The van der Waals surface area contributed by atoms with Gasteiger partial charge in [-0.25, -0.2) is 0 Å². The van der Waals surface area contributed by atoms with E-state index in [1.54, 1.807) is 18.2 Å². The normalized spacial score (nSPS) is 10.5. The minimum Gasteiger partial charge on any atom is -0.491 e. The summed E-state index contributed by atoms with van der Waals surface area (Å²) in [7, 11) is 0. The summed E-state index contributed by atoms with van der Waals surface area (Å²) in [5.41, 5.74) is 0.530. The molecule has 0 bridgehead atoms. The van der Waals surface area contributed by atoms with Crippen LogP contribution in [0.4, 0.5) is 5.69 Å². The Balaban J connectivity index is 2.32. The van der Waals surface area contributed by atoms with Gasteiger partial charge >= 0.3 is 0 Å². The molecule has 2 rings (SSSR count). The lowest BCUT2D eigenvalue weighted by molar-refractivity contribution is 0.103. The first-order valence-corrected chi connectivity index (χ1v) is 9.37. The summed E-state index contributed by atoms with van der Waals surface area (Å²) in [4.78, 5) is 12.9. The minimum atomic E-state index is -0.221. The monoisotopic (exact) mass is 515 g/mol. The molecule has 0 aliphatic heterocycles. The van der Waals surface area contributed by atoms with Gasteiger partial charge < -0.3 is 10.1 Å². The van der Waals surface area contributed by atoms with Gasteiger partial charge in [0, 0.05) is 9.50 Å². The summed E-state index contributed by atoms with van der Waals surface area (Å²) in [6.45, 7) is 2.36. The summed E-state index contributed by atoms with van der Waals surface area (Å²) in [6, 6.07) is 5.14. The van der Waals surface area contributed by atoms with Crippen molar-refractivity contribution in [3.8, 4) is 5.75 Å². The van der Waals surface area contributed by atoms with Crippen LogP contribution in [0.1, 0.15) is 16.6 Å². The Kier molecular flexibility index (Phi) is 6.14. The van der Waals surface area contributed by atoms with Crippen LogP contribution in [-0.4, -0.2) is 12.5 Å². The maximum atomic E-state index is 12.3. The smallest absolute Gasteiger partial charge is 0.265 e. The molecule has 0 atom stereocenters. The Bertz CT molecular complexity index is 671. The third-order valence-electron chi connectivity index (χ3n) is 2.41. The Morgan fingerprint density at radius 2 is 2.00 bits per heavy atom. The number of anilines is 1. The molecule has 0 radical (unpaired) electrons. The van der Waals surface area contributed by atoms with Crippen molar-refractivity contribution in [3.05, 3.63) is 40.8 Å². The molecule has 8 heteroatoms. The second-order valence-electron chi connectivity index (χ2n) is 3.88. The average Bonchev–Trinajstić information content (AvgIpc) is 2.74. The highest BCUT2D eigenvalue weighted by Crippen LogP contribution is 2.38. The van der Waals surface area contributed by atoms with Gasteiger partial charge in [-0.2, -0.15) is 0 Å². The van der Waals surface area contributed by atoms with Crippen molar-refractivity contribution < 1.29 is 9.53 Å². The van der Waals surface area contributed by atoms with E-state index in [9.17, 15) is 4.79 Å². The second kappa shape index (κ2) is 7.46. The molecule has 2 aromatic rings. The number of hydrogen-bond donors (Lipinski definition) is 1. The van der Waals surface area contributed by atoms with Crippen molar-refractivity contribution in [3.63, 3.8) is 0 Å². The standard InChI is InChI=1S/C13H9Br3ClNO2S/c1-2-20-11-7(14)3-6(17)4-9(11)18-13(19)10-5-8(15)12(16)21-10/h3-5H,2H2,1H3,(H,18,19). The molecule has 0 saturated carbocycles. The van der Waals surface area contributed by atoms with Crippen molar-refractivity contribution in [2.24, 2.45) is 0 Å². The fraction of sp³-hybridized carbons (Fsp3) is 0.154. The lowest BCUT2D eigenvalue weighted by Crippen LogP contribution is -2.11. The Morgan fingerprint density at radius 3 is 2.57 bits per heavy atom. The van der Waals surface area contributed by atoms with E-state index in [0.29, 0.717) is 32.4 Å². The van der Waals surface area contributed by atoms with Crippen molar-refractivity contribution in [2.45, 2.75) is 6.92 Å². The van der Waals surface area contributed by atoms with E-state index in [1.165, 1.54) is 11.3 Å². The predicted octanol–water partition coefficient (Wildman–Crippen LogP) is 6.34. The van der Waals surface area contributed by atoms with Crippen molar-refractivity contribution in [2.75, 3.05) is 11.9 Å². The molecule has 1 heterocycles. The average molecular weight is 518 g/mol. The van der Waals surface area contributed by atoms with Crippen LogP contribution in [0.3, 0.4) is 0 Å². The van der Waals surface area contributed by atoms with Crippen LogP contribution in [0, 0.1) is 0 Å². The van der Waals surface area contributed by atoms with Crippen LogP contribution in [0.5, 0.6) is 5.75 Å². The van der Waals surface area contributed by atoms with Gasteiger partial charge in [0.25, 0.3) is 5.91 Å².